The highest BCUT2D eigenvalue weighted by molar-refractivity contribution is 7.11. The van der Waals surface area contributed by atoms with E-state index in [1.54, 1.807) is 11.1 Å². The van der Waals surface area contributed by atoms with Crippen molar-refractivity contribution in [2.45, 2.75) is 58.8 Å². The third kappa shape index (κ3) is 2.58. The van der Waals surface area contributed by atoms with Gasteiger partial charge in [0.25, 0.3) is 0 Å². The third-order valence-corrected chi connectivity index (χ3v) is 5.56. The van der Waals surface area contributed by atoms with E-state index in [9.17, 15) is 0 Å². The van der Waals surface area contributed by atoms with Gasteiger partial charge in [0.1, 0.15) is 5.75 Å². The van der Waals surface area contributed by atoms with Crippen LogP contribution in [0.3, 0.4) is 0 Å². The second-order valence-corrected chi connectivity index (χ2v) is 6.69. The van der Waals surface area contributed by atoms with Crippen LogP contribution in [0.25, 0.3) is 5.57 Å². The highest BCUT2D eigenvalue weighted by atomic mass is 32.1. The van der Waals surface area contributed by atoms with Crippen LogP contribution in [0.5, 0.6) is 5.75 Å². The molecule has 0 N–H and O–H groups in total. The smallest absolute Gasteiger partial charge is 0.133 e. The predicted octanol–water partition coefficient (Wildman–Crippen LogP) is 5.76. The Morgan fingerprint density at radius 3 is 2.95 bits per heavy atom. The van der Waals surface area contributed by atoms with Gasteiger partial charge in [-0.05, 0) is 68.6 Å². The fourth-order valence-electron chi connectivity index (χ4n) is 3.44. The third-order valence-electron chi connectivity index (χ3n) is 4.44. The molecule has 0 unspecified atom stereocenters. The fraction of sp³-hybridized carbons (Fsp3) is 0.556. The van der Waals surface area contributed by atoms with Crippen molar-refractivity contribution >= 4 is 16.9 Å². The van der Waals surface area contributed by atoms with Crippen LogP contribution >= 0.6 is 11.3 Å². The van der Waals surface area contributed by atoms with E-state index in [0.717, 1.165) is 25.2 Å². The fourth-order valence-corrected chi connectivity index (χ4v) is 4.52. The summed E-state index contributed by atoms with van der Waals surface area (Å²) < 4.78 is 5.79. The second-order valence-electron chi connectivity index (χ2n) is 5.81. The van der Waals surface area contributed by atoms with E-state index in [1.165, 1.54) is 48.1 Å². The summed E-state index contributed by atoms with van der Waals surface area (Å²) in [6.07, 6.45) is 11.2. The van der Waals surface area contributed by atoms with Crippen molar-refractivity contribution in [3.8, 4) is 5.75 Å². The van der Waals surface area contributed by atoms with Gasteiger partial charge in [-0.2, -0.15) is 0 Å². The molecule has 2 heteroatoms. The van der Waals surface area contributed by atoms with E-state index in [2.05, 4.69) is 25.3 Å². The normalized spacial score (nSPS) is 23.4. The Labute approximate surface area is 126 Å². The van der Waals surface area contributed by atoms with Crippen LogP contribution in [0.4, 0.5) is 0 Å². The highest BCUT2D eigenvalue weighted by Gasteiger charge is 2.21. The molecule has 2 heterocycles. The van der Waals surface area contributed by atoms with Gasteiger partial charge in [-0.25, -0.2) is 0 Å². The zero-order valence-corrected chi connectivity index (χ0v) is 13.4. The van der Waals surface area contributed by atoms with Gasteiger partial charge in [-0.3, -0.25) is 0 Å². The molecule has 0 atom stereocenters. The van der Waals surface area contributed by atoms with Crippen LogP contribution in [0.1, 0.15) is 62.8 Å². The lowest BCUT2D eigenvalue weighted by molar-refractivity contribution is 0.290. The van der Waals surface area contributed by atoms with Crippen LogP contribution in [-0.4, -0.2) is 6.61 Å². The molecule has 0 saturated heterocycles. The van der Waals surface area contributed by atoms with Crippen LogP contribution < -0.4 is 4.74 Å². The van der Waals surface area contributed by atoms with Crippen molar-refractivity contribution in [3.63, 3.8) is 0 Å². The minimum absolute atomic E-state index is 0.889. The number of hydrogen-bond acceptors (Lipinski definition) is 2. The molecule has 1 saturated carbocycles. The summed E-state index contributed by atoms with van der Waals surface area (Å²) in [5, 5.41) is 2.21. The molecule has 0 spiro atoms. The predicted molar refractivity (Wildman–Crippen MR) is 87.6 cm³/mol. The van der Waals surface area contributed by atoms with Crippen LogP contribution in [-0.2, 0) is 6.42 Å². The number of allylic oxidation sites excluding steroid dienone is 4. The van der Waals surface area contributed by atoms with E-state index >= 15 is 0 Å². The summed E-state index contributed by atoms with van der Waals surface area (Å²) in [6, 6.07) is 0. The number of rotatable bonds is 2. The minimum Gasteiger partial charge on any atom is -0.492 e. The molecule has 0 radical (unpaired) electrons. The maximum absolute atomic E-state index is 5.79. The first-order chi connectivity index (χ1) is 9.81. The van der Waals surface area contributed by atoms with Gasteiger partial charge in [0, 0.05) is 15.8 Å². The van der Waals surface area contributed by atoms with Crippen molar-refractivity contribution in [3.05, 3.63) is 33.0 Å². The molecule has 0 bridgehead atoms. The molecule has 0 amide bonds. The maximum atomic E-state index is 5.79. The monoisotopic (exact) mass is 288 g/mol. The molecule has 1 aliphatic heterocycles. The Balaban J connectivity index is 2.01. The molecule has 3 rings (SSSR count). The van der Waals surface area contributed by atoms with Crippen LogP contribution in [0.15, 0.2) is 22.6 Å². The van der Waals surface area contributed by atoms with Gasteiger partial charge in [0.05, 0.1) is 6.61 Å². The second kappa shape index (κ2) is 6.17. The van der Waals surface area contributed by atoms with Crippen LogP contribution in [0.2, 0.25) is 0 Å². The molecule has 1 aromatic heterocycles. The van der Waals surface area contributed by atoms with Crippen molar-refractivity contribution in [2.75, 3.05) is 6.61 Å². The SMILES string of the molecule is CC/C=C1/CCCC/C1=C(/C)c1scc2c1CCCO2. The van der Waals surface area contributed by atoms with Gasteiger partial charge < -0.3 is 4.74 Å². The summed E-state index contributed by atoms with van der Waals surface area (Å²) in [6.45, 7) is 5.46. The highest BCUT2D eigenvalue weighted by Crippen LogP contribution is 2.42. The molecule has 108 valence electrons. The Morgan fingerprint density at radius 2 is 2.10 bits per heavy atom. The average molecular weight is 288 g/mol. The molecule has 1 aromatic rings. The number of ether oxygens (including phenoxy) is 1. The molecule has 0 aromatic carbocycles. The lowest BCUT2D eigenvalue weighted by Crippen LogP contribution is -2.08. The van der Waals surface area contributed by atoms with Gasteiger partial charge in [-0.1, -0.05) is 13.0 Å². The largest absolute Gasteiger partial charge is 0.492 e. The van der Waals surface area contributed by atoms with E-state index in [1.807, 2.05) is 11.3 Å². The molecule has 20 heavy (non-hydrogen) atoms. The molecular formula is C18H24OS. The van der Waals surface area contributed by atoms with Gasteiger partial charge in [0.15, 0.2) is 0 Å². The first-order valence-corrected chi connectivity index (χ1v) is 8.82. The Hall–Kier alpha value is -1.02. The van der Waals surface area contributed by atoms with E-state index in [-0.39, 0.29) is 0 Å². The first kappa shape index (κ1) is 13.9. The molecule has 1 aliphatic carbocycles. The maximum Gasteiger partial charge on any atom is 0.133 e. The zero-order valence-electron chi connectivity index (χ0n) is 12.6. The van der Waals surface area contributed by atoms with Crippen LogP contribution in [0, 0.1) is 0 Å². The molecule has 2 aliphatic rings. The number of hydrogen-bond donors (Lipinski definition) is 0. The lowest BCUT2D eigenvalue weighted by atomic mass is 9.85. The Kier molecular flexibility index (Phi) is 4.30. The minimum atomic E-state index is 0.889. The van der Waals surface area contributed by atoms with Crippen molar-refractivity contribution in [1.29, 1.82) is 0 Å². The number of thiophene rings is 1. The van der Waals surface area contributed by atoms with Crippen molar-refractivity contribution < 1.29 is 4.74 Å². The molecular weight excluding hydrogens is 264 g/mol. The van der Waals surface area contributed by atoms with Crippen molar-refractivity contribution in [2.24, 2.45) is 0 Å². The topological polar surface area (TPSA) is 9.23 Å². The number of fused-ring (bicyclic) bond motifs is 1. The van der Waals surface area contributed by atoms with E-state index in [0.29, 0.717) is 0 Å². The summed E-state index contributed by atoms with van der Waals surface area (Å²) in [7, 11) is 0. The van der Waals surface area contributed by atoms with Gasteiger partial charge in [0.2, 0.25) is 0 Å². The van der Waals surface area contributed by atoms with E-state index in [4.69, 9.17) is 4.74 Å². The van der Waals surface area contributed by atoms with Crippen molar-refractivity contribution in [1.82, 2.24) is 0 Å². The molecule has 1 nitrogen and oxygen atoms in total. The summed E-state index contributed by atoms with van der Waals surface area (Å²) in [5.74, 6) is 1.15. The quantitative estimate of drug-likeness (QED) is 0.672. The van der Waals surface area contributed by atoms with Gasteiger partial charge >= 0.3 is 0 Å². The Bertz CT molecular complexity index is 548. The first-order valence-electron chi connectivity index (χ1n) is 7.94. The summed E-state index contributed by atoms with van der Waals surface area (Å²) >= 11 is 1.88. The molecule has 1 fully saturated rings. The van der Waals surface area contributed by atoms with Gasteiger partial charge in [-0.15, -0.1) is 11.3 Å². The standard InChI is InChI=1S/C18H24OS/c1-3-7-14-8-4-5-9-15(14)13(2)18-16-10-6-11-19-17(16)12-20-18/h7,12H,3-6,8-11H2,1-2H3/b14-7-,15-13+. The van der Waals surface area contributed by atoms with E-state index < -0.39 is 0 Å². The summed E-state index contributed by atoms with van der Waals surface area (Å²) in [5.41, 5.74) is 6.21. The average Bonchev–Trinajstić information content (AvgIpc) is 2.91. The lowest BCUT2D eigenvalue weighted by Gasteiger charge is -2.22. The Morgan fingerprint density at radius 1 is 1.25 bits per heavy atom. The summed E-state index contributed by atoms with van der Waals surface area (Å²) in [4.78, 5) is 1.48. The zero-order chi connectivity index (χ0) is 13.9.